The average Bonchev–Trinajstić information content (AvgIpc) is 3.09. The molecule has 0 aromatic heterocycles. The van der Waals surface area contributed by atoms with Crippen LogP contribution in [0.4, 0.5) is 0 Å². The molecule has 1 aromatic carbocycles. The van der Waals surface area contributed by atoms with Gasteiger partial charge in [-0.3, -0.25) is 4.79 Å². The lowest BCUT2D eigenvalue weighted by Gasteiger charge is -2.30. The zero-order valence-corrected chi connectivity index (χ0v) is 12.8. The molecule has 1 N–H and O–H groups in total. The van der Waals surface area contributed by atoms with E-state index in [0.29, 0.717) is 17.9 Å². The summed E-state index contributed by atoms with van der Waals surface area (Å²) in [6.07, 6.45) is 0.534. The monoisotopic (exact) mass is 288 g/mol. The van der Waals surface area contributed by atoms with Crippen LogP contribution >= 0.6 is 0 Å². The van der Waals surface area contributed by atoms with E-state index in [0.717, 1.165) is 31.6 Å². The van der Waals surface area contributed by atoms with E-state index in [2.05, 4.69) is 17.1 Å². The summed E-state index contributed by atoms with van der Waals surface area (Å²) in [5.74, 6) is 1.32. The molecule has 0 saturated carbocycles. The molecule has 21 heavy (non-hydrogen) atoms. The van der Waals surface area contributed by atoms with Crippen molar-refractivity contribution >= 4 is 5.91 Å². The fourth-order valence-corrected chi connectivity index (χ4v) is 3.96. The fraction of sp³-hybridized carbons (Fsp3) is 0.588. The zero-order chi connectivity index (χ0) is 14.8. The number of likely N-dealkylation sites (tertiary alicyclic amines) is 1. The summed E-state index contributed by atoms with van der Waals surface area (Å²) in [5.41, 5.74) is 0.940. The highest BCUT2D eigenvalue weighted by atomic mass is 16.5. The first-order valence-corrected chi connectivity index (χ1v) is 7.85. The molecule has 1 amide bonds. The van der Waals surface area contributed by atoms with Gasteiger partial charge in [-0.15, -0.1) is 0 Å². The third kappa shape index (κ3) is 2.58. The molecule has 0 spiro atoms. The van der Waals surface area contributed by atoms with Gasteiger partial charge in [0.2, 0.25) is 0 Å². The first-order valence-electron chi connectivity index (χ1n) is 7.85. The van der Waals surface area contributed by atoms with Gasteiger partial charge >= 0.3 is 0 Å². The summed E-state index contributed by atoms with van der Waals surface area (Å²) in [5, 5.41) is 3.45. The minimum Gasteiger partial charge on any atom is -0.367 e. The zero-order valence-electron chi connectivity index (χ0n) is 12.8. The van der Waals surface area contributed by atoms with Gasteiger partial charge in [0.15, 0.2) is 6.10 Å². The third-order valence-corrected chi connectivity index (χ3v) is 4.98. The molecule has 114 valence electrons. The Bertz CT molecular complexity index is 491. The van der Waals surface area contributed by atoms with E-state index in [1.807, 2.05) is 30.3 Å². The van der Waals surface area contributed by atoms with Crippen LogP contribution < -0.4 is 5.32 Å². The molecular weight excluding hydrogens is 264 g/mol. The number of fused-ring (bicyclic) bond motifs is 1. The molecule has 1 aromatic rings. The Balaban J connectivity index is 1.80. The van der Waals surface area contributed by atoms with Gasteiger partial charge in [0.05, 0.1) is 0 Å². The van der Waals surface area contributed by atoms with Crippen LogP contribution in [0.25, 0.3) is 0 Å². The van der Waals surface area contributed by atoms with Gasteiger partial charge in [0.1, 0.15) is 0 Å². The average molecular weight is 288 g/mol. The highest BCUT2D eigenvalue weighted by molar-refractivity contribution is 5.83. The van der Waals surface area contributed by atoms with Crippen LogP contribution in [-0.4, -0.2) is 43.6 Å². The predicted molar refractivity (Wildman–Crippen MR) is 81.8 cm³/mol. The summed E-state index contributed by atoms with van der Waals surface area (Å²) < 4.78 is 5.52. The second-order valence-corrected chi connectivity index (χ2v) is 6.07. The lowest BCUT2D eigenvalue weighted by Crippen LogP contribution is -2.42. The summed E-state index contributed by atoms with van der Waals surface area (Å²) >= 11 is 0. The highest BCUT2D eigenvalue weighted by Gasteiger charge is 2.46. The van der Waals surface area contributed by atoms with Crippen LogP contribution in [0.15, 0.2) is 30.3 Å². The molecule has 0 bridgehead atoms. The molecule has 2 heterocycles. The molecule has 4 heteroatoms. The number of nitrogens with one attached hydrogen (secondary N) is 1. The summed E-state index contributed by atoms with van der Waals surface area (Å²) in [7, 11) is 1.62. The third-order valence-electron chi connectivity index (χ3n) is 4.98. The number of rotatable bonds is 4. The Labute approximate surface area is 126 Å². The summed E-state index contributed by atoms with van der Waals surface area (Å²) in [6.45, 7) is 5.11. The van der Waals surface area contributed by atoms with Crippen LogP contribution in [0.1, 0.15) is 25.0 Å². The van der Waals surface area contributed by atoms with Crippen LogP contribution in [-0.2, 0) is 9.53 Å². The molecule has 4 atom stereocenters. The van der Waals surface area contributed by atoms with Gasteiger partial charge in [-0.05, 0) is 23.8 Å². The number of ether oxygens (including phenoxy) is 1. The molecule has 2 saturated heterocycles. The van der Waals surface area contributed by atoms with Gasteiger partial charge in [0.25, 0.3) is 5.91 Å². The van der Waals surface area contributed by atoms with E-state index in [9.17, 15) is 4.79 Å². The van der Waals surface area contributed by atoms with E-state index in [1.54, 1.807) is 7.11 Å². The molecule has 3 rings (SSSR count). The Morgan fingerprint density at radius 2 is 2.14 bits per heavy atom. The number of benzene rings is 1. The molecule has 2 aliphatic rings. The van der Waals surface area contributed by atoms with Crippen molar-refractivity contribution in [2.24, 2.45) is 11.8 Å². The number of nitrogens with zero attached hydrogens (tertiary/aromatic N) is 1. The lowest BCUT2D eigenvalue weighted by atomic mass is 9.93. The second-order valence-electron chi connectivity index (χ2n) is 6.07. The van der Waals surface area contributed by atoms with Crippen molar-refractivity contribution in [3.8, 4) is 0 Å². The first kappa shape index (κ1) is 14.5. The lowest BCUT2D eigenvalue weighted by molar-refractivity contribution is -0.143. The van der Waals surface area contributed by atoms with Crippen molar-refractivity contribution in [1.29, 1.82) is 0 Å². The minimum absolute atomic E-state index is 0.116. The molecule has 0 radical (unpaired) electrons. The SMILES string of the molecule is CCC1C2CNCC2CN1C(=O)C(OC)c1ccccc1. The van der Waals surface area contributed by atoms with Crippen molar-refractivity contribution < 1.29 is 9.53 Å². The first-order chi connectivity index (χ1) is 10.3. The van der Waals surface area contributed by atoms with Gasteiger partial charge in [0, 0.05) is 32.8 Å². The maximum absolute atomic E-state index is 13.0. The van der Waals surface area contributed by atoms with Gasteiger partial charge in [-0.25, -0.2) is 0 Å². The normalized spacial score (nSPS) is 29.4. The summed E-state index contributed by atoms with van der Waals surface area (Å²) in [4.78, 5) is 15.0. The van der Waals surface area contributed by atoms with Crippen molar-refractivity contribution in [3.63, 3.8) is 0 Å². The van der Waals surface area contributed by atoms with E-state index in [-0.39, 0.29) is 5.91 Å². The van der Waals surface area contributed by atoms with Crippen LogP contribution in [0.5, 0.6) is 0 Å². The Morgan fingerprint density at radius 3 is 2.81 bits per heavy atom. The highest BCUT2D eigenvalue weighted by Crippen LogP contribution is 2.36. The number of carbonyl (C=O) groups excluding carboxylic acids is 1. The maximum atomic E-state index is 13.0. The largest absolute Gasteiger partial charge is 0.367 e. The number of hydrogen-bond donors (Lipinski definition) is 1. The van der Waals surface area contributed by atoms with Crippen LogP contribution in [0.2, 0.25) is 0 Å². The van der Waals surface area contributed by atoms with Crippen molar-refractivity contribution in [1.82, 2.24) is 10.2 Å². The number of amides is 1. The van der Waals surface area contributed by atoms with Crippen LogP contribution in [0, 0.1) is 11.8 Å². The molecule has 2 fully saturated rings. The number of methoxy groups -OCH3 is 1. The minimum atomic E-state index is -0.480. The number of hydrogen-bond acceptors (Lipinski definition) is 3. The van der Waals surface area contributed by atoms with Crippen molar-refractivity contribution in [2.75, 3.05) is 26.7 Å². The quantitative estimate of drug-likeness (QED) is 0.919. The van der Waals surface area contributed by atoms with Crippen molar-refractivity contribution in [3.05, 3.63) is 35.9 Å². The topological polar surface area (TPSA) is 41.6 Å². The molecule has 4 nitrogen and oxygen atoms in total. The van der Waals surface area contributed by atoms with E-state index in [4.69, 9.17) is 4.74 Å². The second kappa shape index (κ2) is 6.16. The van der Waals surface area contributed by atoms with E-state index in [1.165, 1.54) is 0 Å². The molecule has 0 aliphatic carbocycles. The Kier molecular flexibility index (Phi) is 4.27. The maximum Gasteiger partial charge on any atom is 0.256 e. The van der Waals surface area contributed by atoms with Crippen molar-refractivity contribution in [2.45, 2.75) is 25.5 Å². The molecule has 2 aliphatic heterocycles. The standard InChI is InChI=1S/C17H24N2O2/c1-3-15-14-10-18-9-13(14)11-19(15)17(20)16(21-2)12-7-5-4-6-8-12/h4-8,13-16,18H,3,9-11H2,1-2H3. The van der Waals surface area contributed by atoms with Gasteiger partial charge in [-0.1, -0.05) is 37.3 Å². The van der Waals surface area contributed by atoms with Gasteiger partial charge < -0.3 is 15.0 Å². The smallest absolute Gasteiger partial charge is 0.256 e. The van der Waals surface area contributed by atoms with E-state index >= 15 is 0 Å². The van der Waals surface area contributed by atoms with E-state index < -0.39 is 6.10 Å². The predicted octanol–water partition coefficient (Wildman–Crippen LogP) is 1.83. The summed E-state index contributed by atoms with van der Waals surface area (Å²) in [6, 6.07) is 10.1. The van der Waals surface area contributed by atoms with Crippen LogP contribution in [0.3, 0.4) is 0 Å². The Hall–Kier alpha value is -1.39. The van der Waals surface area contributed by atoms with Gasteiger partial charge in [-0.2, -0.15) is 0 Å². The Morgan fingerprint density at radius 1 is 1.38 bits per heavy atom. The number of carbonyl (C=O) groups is 1. The molecular formula is C17H24N2O2. The fourth-order valence-electron chi connectivity index (χ4n) is 3.96. The molecule has 4 unspecified atom stereocenters.